The largest absolute Gasteiger partial charge is 0.508 e. The van der Waals surface area contributed by atoms with E-state index in [0.717, 1.165) is 37.7 Å². The van der Waals surface area contributed by atoms with Gasteiger partial charge >= 0.3 is 0 Å². The summed E-state index contributed by atoms with van der Waals surface area (Å²) >= 11 is 0. The molecule has 6 nitrogen and oxygen atoms in total. The molecule has 0 saturated heterocycles. The van der Waals surface area contributed by atoms with Gasteiger partial charge in [-0.25, -0.2) is 0 Å². The number of phenolic OH excluding ortho intramolecular Hbond substituents is 2. The molecular weight excluding hydrogens is 418 g/mol. The number of hydrogen-bond donors (Lipinski definition) is 2. The average molecular weight is 446 g/mol. The molecule has 0 aliphatic heterocycles. The third kappa shape index (κ3) is 5.54. The van der Waals surface area contributed by atoms with Gasteiger partial charge in [0.25, 0.3) is 0 Å². The third-order valence-corrected chi connectivity index (χ3v) is 5.51. The summed E-state index contributed by atoms with van der Waals surface area (Å²) in [4.78, 5) is 15.1. The predicted molar refractivity (Wildman–Crippen MR) is 129 cm³/mol. The summed E-state index contributed by atoms with van der Waals surface area (Å²) in [7, 11) is 2.12. The van der Waals surface area contributed by atoms with E-state index in [1.165, 1.54) is 17.9 Å². The van der Waals surface area contributed by atoms with E-state index in [1.807, 2.05) is 18.2 Å². The first kappa shape index (κ1) is 22.4. The molecule has 3 aromatic carbocycles. The fourth-order valence-electron chi connectivity index (χ4n) is 3.80. The summed E-state index contributed by atoms with van der Waals surface area (Å²) < 4.78 is 11.3. The van der Waals surface area contributed by atoms with Crippen molar-refractivity contribution in [2.75, 3.05) is 20.2 Å². The summed E-state index contributed by atoms with van der Waals surface area (Å²) in [5.74, 6) is 0.254. The monoisotopic (exact) mass is 445 g/mol. The first-order valence-corrected chi connectivity index (χ1v) is 10.9. The standard InChI is InChI=1S/C27H27NO5/c1-28(17-19-7-3-2-4-8-19)13-5-6-14-32-22-11-9-20(10-12-22)23-18-33-25-16-21(29)15-24(30)26(25)27(23)31/h2-4,7-12,15-16,18,29-30H,5-6,13-14,17H2,1H3. The van der Waals surface area contributed by atoms with Crippen molar-refractivity contribution >= 4 is 11.0 Å². The van der Waals surface area contributed by atoms with Crippen LogP contribution >= 0.6 is 0 Å². The number of rotatable bonds is 9. The zero-order valence-electron chi connectivity index (χ0n) is 18.5. The molecule has 4 rings (SSSR count). The summed E-state index contributed by atoms with van der Waals surface area (Å²) in [6.07, 6.45) is 3.32. The topological polar surface area (TPSA) is 83.1 Å². The Morgan fingerprint density at radius 1 is 0.970 bits per heavy atom. The molecule has 1 aromatic heterocycles. The van der Waals surface area contributed by atoms with E-state index < -0.39 is 0 Å². The average Bonchev–Trinajstić information content (AvgIpc) is 2.80. The summed E-state index contributed by atoms with van der Waals surface area (Å²) in [6, 6.07) is 20.1. The molecule has 0 aliphatic rings. The maximum absolute atomic E-state index is 12.8. The number of fused-ring (bicyclic) bond motifs is 1. The molecule has 4 aromatic rings. The highest BCUT2D eigenvalue weighted by Crippen LogP contribution is 2.30. The minimum absolute atomic E-state index is 0.0443. The molecule has 0 fully saturated rings. The highest BCUT2D eigenvalue weighted by Gasteiger charge is 2.14. The molecule has 2 N–H and O–H groups in total. The highest BCUT2D eigenvalue weighted by molar-refractivity contribution is 5.88. The summed E-state index contributed by atoms with van der Waals surface area (Å²) in [5, 5.41) is 19.7. The number of phenols is 2. The van der Waals surface area contributed by atoms with Gasteiger partial charge in [0, 0.05) is 18.7 Å². The van der Waals surface area contributed by atoms with E-state index >= 15 is 0 Å². The van der Waals surface area contributed by atoms with Crippen LogP contribution in [0.4, 0.5) is 0 Å². The smallest absolute Gasteiger partial charge is 0.204 e. The minimum atomic E-state index is -0.359. The van der Waals surface area contributed by atoms with Crippen molar-refractivity contribution in [2.45, 2.75) is 19.4 Å². The van der Waals surface area contributed by atoms with Gasteiger partial charge in [0.05, 0.1) is 12.2 Å². The SMILES string of the molecule is CN(CCCCOc1ccc(-c2coc3cc(O)cc(O)c3c2=O)cc1)Cc1ccccc1. The first-order chi connectivity index (χ1) is 16.0. The van der Waals surface area contributed by atoms with Crippen LogP contribution in [0.25, 0.3) is 22.1 Å². The Bertz CT molecular complexity index is 1270. The summed E-state index contributed by atoms with van der Waals surface area (Å²) in [5.41, 5.74) is 2.08. The molecule has 33 heavy (non-hydrogen) atoms. The van der Waals surface area contributed by atoms with E-state index in [2.05, 4.69) is 36.2 Å². The second kappa shape index (κ2) is 10.2. The van der Waals surface area contributed by atoms with E-state index in [0.29, 0.717) is 17.7 Å². The van der Waals surface area contributed by atoms with Gasteiger partial charge in [-0.3, -0.25) is 4.79 Å². The molecule has 0 radical (unpaired) electrons. The van der Waals surface area contributed by atoms with Crippen LogP contribution in [0.1, 0.15) is 18.4 Å². The van der Waals surface area contributed by atoms with Crippen LogP contribution in [-0.4, -0.2) is 35.3 Å². The van der Waals surface area contributed by atoms with Crippen LogP contribution in [-0.2, 0) is 6.54 Å². The van der Waals surface area contributed by atoms with Gasteiger partial charge in [0.2, 0.25) is 5.43 Å². The predicted octanol–water partition coefficient (Wildman–Crippen LogP) is 5.16. The molecule has 0 atom stereocenters. The molecule has 0 saturated carbocycles. The molecule has 170 valence electrons. The lowest BCUT2D eigenvalue weighted by atomic mass is 10.0. The molecule has 0 unspecified atom stereocenters. The van der Waals surface area contributed by atoms with Crippen LogP contribution in [0.2, 0.25) is 0 Å². The molecule has 0 spiro atoms. The van der Waals surface area contributed by atoms with Gasteiger partial charge in [0.15, 0.2) is 0 Å². The molecule has 0 amide bonds. The van der Waals surface area contributed by atoms with E-state index in [-0.39, 0.29) is 27.9 Å². The van der Waals surface area contributed by atoms with Crippen molar-refractivity contribution in [3.63, 3.8) is 0 Å². The highest BCUT2D eigenvalue weighted by atomic mass is 16.5. The number of hydrogen-bond acceptors (Lipinski definition) is 6. The van der Waals surface area contributed by atoms with Gasteiger partial charge in [-0.1, -0.05) is 42.5 Å². The van der Waals surface area contributed by atoms with Crippen LogP contribution in [0.5, 0.6) is 17.2 Å². The normalized spacial score (nSPS) is 11.2. The Balaban J connectivity index is 1.30. The van der Waals surface area contributed by atoms with Gasteiger partial charge < -0.3 is 24.3 Å². The zero-order valence-corrected chi connectivity index (χ0v) is 18.5. The van der Waals surface area contributed by atoms with Crippen molar-refractivity contribution in [1.82, 2.24) is 4.90 Å². The first-order valence-electron chi connectivity index (χ1n) is 10.9. The number of nitrogens with zero attached hydrogens (tertiary/aromatic N) is 1. The maximum atomic E-state index is 12.8. The maximum Gasteiger partial charge on any atom is 0.204 e. The number of ether oxygens (including phenoxy) is 1. The lowest BCUT2D eigenvalue weighted by Gasteiger charge is -2.16. The molecular formula is C27H27NO5. The van der Waals surface area contributed by atoms with Crippen LogP contribution in [0.3, 0.4) is 0 Å². The van der Waals surface area contributed by atoms with Crippen molar-refractivity contribution in [2.24, 2.45) is 0 Å². The van der Waals surface area contributed by atoms with Crippen molar-refractivity contribution in [3.05, 3.63) is 88.8 Å². The summed E-state index contributed by atoms with van der Waals surface area (Å²) in [6.45, 7) is 2.55. The lowest BCUT2D eigenvalue weighted by molar-refractivity contribution is 0.276. The number of aromatic hydroxyl groups is 2. The van der Waals surface area contributed by atoms with Gasteiger partial charge in [-0.2, -0.15) is 0 Å². The van der Waals surface area contributed by atoms with Crippen molar-refractivity contribution in [1.29, 1.82) is 0 Å². The Kier molecular flexibility index (Phi) is 6.95. The fourth-order valence-corrected chi connectivity index (χ4v) is 3.80. The Hall–Kier alpha value is -3.77. The van der Waals surface area contributed by atoms with Gasteiger partial charge in [0.1, 0.15) is 34.5 Å². The Morgan fingerprint density at radius 3 is 2.48 bits per heavy atom. The minimum Gasteiger partial charge on any atom is -0.508 e. The number of benzene rings is 3. The van der Waals surface area contributed by atoms with E-state index in [4.69, 9.17) is 9.15 Å². The van der Waals surface area contributed by atoms with Gasteiger partial charge in [-0.15, -0.1) is 0 Å². The molecule has 6 heteroatoms. The zero-order chi connectivity index (χ0) is 23.2. The van der Waals surface area contributed by atoms with Crippen LogP contribution in [0.15, 0.2) is 82.2 Å². The molecule has 0 bridgehead atoms. The quantitative estimate of drug-likeness (QED) is 0.346. The van der Waals surface area contributed by atoms with Crippen molar-refractivity contribution < 1.29 is 19.4 Å². The fraction of sp³-hybridized carbons (Fsp3) is 0.222. The van der Waals surface area contributed by atoms with E-state index in [9.17, 15) is 15.0 Å². The van der Waals surface area contributed by atoms with Crippen LogP contribution < -0.4 is 10.2 Å². The van der Waals surface area contributed by atoms with E-state index in [1.54, 1.807) is 12.1 Å². The third-order valence-electron chi connectivity index (χ3n) is 5.51. The Morgan fingerprint density at radius 2 is 1.73 bits per heavy atom. The van der Waals surface area contributed by atoms with Crippen LogP contribution in [0, 0.1) is 0 Å². The second-order valence-corrected chi connectivity index (χ2v) is 8.12. The Labute approximate surface area is 192 Å². The second-order valence-electron chi connectivity index (χ2n) is 8.12. The number of unbranched alkanes of at least 4 members (excludes halogenated alkanes) is 1. The molecule has 1 heterocycles. The lowest BCUT2D eigenvalue weighted by Crippen LogP contribution is -2.19. The molecule has 0 aliphatic carbocycles. The van der Waals surface area contributed by atoms with Crippen molar-refractivity contribution in [3.8, 4) is 28.4 Å². The van der Waals surface area contributed by atoms with Gasteiger partial charge in [-0.05, 0) is 49.7 Å².